The Morgan fingerprint density at radius 2 is 1.79 bits per heavy atom. The minimum atomic E-state index is -0.843. The van der Waals surface area contributed by atoms with Gasteiger partial charge in [0.15, 0.2) is 5.79 Å². The van der Waals surface area contributed by atoms with Crippen LogP contribution in [0.1, 0.15) is 33.6 Å². The predicted molar refractivity (Wildman–Crippen MR) is 49.7 cm³/mol. The number of rotatable bonds is 0. The molecule has 1 aliphatic heterocycles. The van der Waals surface area contributed by atoms with Crippen molar-refractivity contribution in [2.24, 2.45) is 0 Å². The summed E-state index contributed by atoms with van der Waals surface area (Å²) in [6.45, 7) is 5.38. The van der Waals surface area contributed by atoms with Crippen molar-refractivity contribution >= 4 is 0 Å². The molecule has 0 aromatic carbocycles. The number of aliphatic hydroxyl groups is 2. The molecule has 1 saturated carbocycles. The topological polar surface area (TPSA) is 58.9 Å². The lowest BCUT2D eigenvalue weighted by atomic mass is 9.81. The quantitative estimate of drug-likeness (QED) is 0.597. The van der Waals surface area contributed by atoms with Gasteiger partial charge in [-0.3, -0.25) is 0 Å². The van der Waals surface area contributed by atoms with Crippen LogP contribution in [0, 0.1) is 0 Å². The van der Waals surface area contributed by atoms with Crippen LogP contribution in [0.5, 0.6) is 0 Å². The third-order valence-electron chi connectivity index (χ3n) is 2.89. The largest absolute Gasteiger partial charge is 0.390 e. The molecule has 1 aliphatic carbocycles. The summed E-state index contributed by atoms with van der Waals surface area (Å²) in [5, 5.41) is 19.6. The highest BCUT2D eigenvalue weighted by molar-refractivity contribution is 4.98. The van der Waals surface area contributed by atoms with Crippen LogP contribution >= 0.6 is 0 Å². The molecule has 0 aromatic rings. The normalized spacial score (nSPS) is 51.6. The standard InChI is InChI=1S/C10H18O4/c1-9(2)13-7-5-10(3,12)4-6(11)8(7)14-9/h6-8,11-12H,4-5H2,1-3H3/t6-,7-,8+,10-/m1/s1. The van der Waals surface area contributed by atoms with Crippen LogP contribution in [0.3, 0.4) is 0 Å². The second-order valence-electron chi connectivity index (χ2n) is 5.11. The molecule has 4 atom stereocenters. The second-order valence-corrected chi connectivity index (χ2v) is 5.11. The summed E-state index contributed by atoms with van der Waals surface area (Å²) >= 11 is 0. The molecule has 1 heterocycles. The van der Waals surface area contributed by atoms with E-state index in [0.717, 1.165) is 0 Å². The Hall–Kier alpha value is -0.160. The van der Waals surface area contributed by atoms with E-state index in [0.29, 0.717) is 12.8 Å². The van der Waals surface area contributed by atoms with E-state index in [-0.39, 0.29) is 12.2 Å². The fraction of sp³-hybridized carbons (Fsp3) is 1.00. The minimum Gasteiger partial charge on any atom is -0.390 e. The van der Waals surface area contributed by atoms with Gasteiger partial charge in [0.05, 0.1) is 17.8 Å². The lowest BCUT2D eigenvalue weighted by Crippen LogP contribution is -2.49. The van der Waals surface area contributed by atoms with Crippen LogP contribution in [0.4, 0.5) is 0 Å². The Morgan fingerprint density at radius 1 is 1.14 bits per heavy atom. The molecule has 0 spiro atoms. The Balaban J connectivity index is 2.15. The minimum absolute atomic E-state index is 0.191. The zero-order valence-electron chi connectivity index (χ0n) is 8.86. The maximum absolute atomic E-state index is 9.87. The van der Waals surface area contributed by atoms with E-state index in [1.165, 1.54) is 0 Å². The van der Waals surface area contributed by atoms with Crippen molar-refractivity contribution < 1.29 is 19.7 Å². The van der Waals surface area contributed by atoms with Crippen molar-refractivity contribution in [1.82, 2.24) is 0 Å². The molecule has 2 aliphatic rings. The SMILES string of the molecule is CC1(C)O[C@H]2[C@H](O)C[C@@](C)(O)C[C@H]2O1. The number of ether oxygens (including phenoxy) is 2. The highest BCUT2D eigenvalue weighted by atomic mass is 16.8. The fourth-order valence-electron chi connectivity index (χ4n) is 2.43. The maximum Gasteiger partial charge on any atom is 0.163 e. The Labute approximate surface area is 83.8 Å². The number of aliphatic hydroxyl groups excluding tert-OH is 1. The van der Waals surface area contributed by atoms with E-state index in [1.54, 1.807) is 6.92 Å². The van der Waals surface area contributed by atoms with Gasteiger partial charge in [0.1, 0.15) is 6.10 Å². The summed E-state index contributed by atoms with van der Waals surface area (Å²) in [5.41, 5.74) is -0.843. The maximum atomic E-state index is 9.87. The molecule has 4 nitrogen and oxygen atoms in total. The molecule has 0 aromatic heterocycles. The van der Waals surface area contributed by atoms with Gasteiger partial charge >= 0.3 is 0 Å². The van der Waals surface area contributed by atoms with Gasteiger partial charge in [-0.1, -0.05) is 0 Å². The zero-order valence-corrected chi connectivity index (χ0v) is 8.86. The van der Waals surface area contributed by atoms with E-state index in [9.17, 15) is 10.2 Å². The van der Waals surface area contributed by atoms with Crippen LogP contribution in [0.15, 0.2) is 0 Å². The molecule has 2 N–H and O–H groups in total. The van der Waals surface area contributed by atoms with E-state index in [4.69, 9.17) is 9.47 Å². The molecule has 1 saturated heterocycles. The first kappa shape index (κ1) is 10.4. The molecule has 0 bridgehead atoms. The Bertz CT molecular complexity index is 236. The summed E-state index contributed by atoms with van der Waals surface area (Å²) in [4.78, 5) is 0. The highest BCUT2D eigenvalue weighted by Crippen LogP contribution is 2.40. The third-order valence-corrected chi connectivity index (χ3v) is 2.89. The van der Waals surface area contributed by atoms with Crippen LogP contribution in [0.2, 0.25) is 0 Å². The Kier molecular flexibility index (Phi) is 2.16. The molecule has 14 heavy (non-hydrogen) atoms. The van der Waals surface area contributed by atoms with Crippen molar-refractivity contribution in [2.75, 3.05) is 0 Å². The van der Waals surface area contributed by atoms with Gasteiger partial charge < -0.3 is 19.7 Å². The lowest BCUT2D eigenvalue weighted by Gasteiger charge is -2.37. The summed E-state index contributed by atoms with van der Waals surface area (Å²) in [5.74, 6) is -0.642. The van der Waals surface area contributed by atoms with Crippen LogP contribution in [-0.4, -0.2) is 39.9 Å². The van der Waals surface area contributed by atoms with Crippen molar-refractivity contribution in [2.45, 2.75) is 63.3 Å². The van der Waals surface area contributed by atoms with Crippen LogP contribution in [-0.2, 0) is 9.47 Å². The van der Waals surface area contributed by atoms with Crippen molar-refractivity contribution in [1.29, 1.82) is 0 Å². The van der Waals surface area contributed by atoms with Gasteiger partial charge in [-0.2, -0.15) is 0 Å². The summed E-state index contributed by atoms with van der Waals surface area (Å²) in [7, 11) is 0. The van der Waals surface area contributed by atoms with Gasteiger partial charge in [0.2, 0.25) is 0 Å². The molecule has 2 fully saturated rings. The molecule has 4 heteroatoms. The van der Waals surface area contributed by atoms with E-state index in [1.807, 2.05) is 13.8 Å². The molecule has 0 radical (unpaired) electrons. The van der Waals surface area contributed by atoms with E-state index >= 15 is 0 Å². The van der Waals surface area contributed by atoms with Gasteiger partial charge in [-0.15, -0.1) is 0 Å². The monoisotopic (exact) mass is 202 g/mol. The second kappa shape index (κ2) is 2.92. The highest BCUT2D eigenvalue weighted by Gasteiger charge is 2.51. The molecular formula is C10H18O4. The van der Waals surface area contributed by atoms with Crippen molar-refractivity contribution in [3.05, 3.63) is 0 Å². The van der Waals surface area contributed by atoms with Crippen LogP contribution in [0.25, 0.3) is 0 Å². The Morgan fingerprint density at radius 3 is 2.43 bits per heavy atom. The fourth-order valence-corrected chi connectivity index (χ4v) is 2.43. The van der Waals surface area contributed by atoms with Gasteiger partial charge in [-0.25, -0.2) is 0 Å². The van der Waals surface area contributed by atoms with Crippen molar-refractivity contribution in [3.8, 4) is 0 Å². The lowest BCUT2D eigenvalue weighted by molar-refractivity contribution is -0.153. The number of hydrogen-bond acceptors (Lipinski definition) is 4. The number of fused-ring (bicyclic) bond motifs is 1. The van der Waals surface area contributed by atoms with Gasteiger partial charge in [0.25, 0.3) is 0 Å². The van der Waals surface area contributed by atoms with E-state index in [2.05, 4.69) is 0 Å². The first-order valence-electron chi connectivity index (χ1n) is 5.05. The smallest absolute Gasteiger partial charge is 0.163 e. The molecule has 0 amide bonds. The molecule has 2 rings (SSSR count). The predicted octanol–water partition coefficient (Wildman–Crippen LogP) is 0.412. The first-order chi connectivity index (χ1) is 6.29. The summed E-state index contributed by atoms with van der Waals surface area (Å²) < 4.78 is 11.2. The first-order valence-corrected chi connectivity index (χ1v) is 5.05. The third kappa shape index (κ3) is 1.80. The molecule has 82 valence electrons. The molecule has 0 unspecified atom stereocenters. The molecular weight excluding hydrogens is 184 g/mol. The van der Waals surface area contributed by atoms with E-state index < -0.39 is 17.5 Å². The van der Waals surface area contributed by atoms with Gasteiger partial charge in [0, 0.05) is 12.8 Å². The van der Waals surface area contributed by atoms with Gasteiger partial charge in [-0.05, 0) is 20.8 Å². The zero-order chi connectivity index (χ0) is 10.6. The number of hydrogen-bond donors (Lipinski definition) is 2. The summed E-state index contributed by atoms with van der Waals surface area (Å²) in [6, 6.07) is 0. The van der Waals surface area contributed by atoms with Crippen molar-refractivity contribution in [3.63, 3.8) is 0 Å². The average Bonchev–Trinajstić information content (AvgIpc) is 2.21. The van der Waals surface area contributed by atoms with Crippen LogP contribution < -0.4 is 0 Å². The average molecular weight is 202 g/mol. The summed E-state index contributed by atoms with van der Waals surface area (Å²) in [6.07, 6.45) is -0.231.